The molecule has 0 aromatic carbocycles. The van der Waals surface area contributed by atoms with Gasteiger partial charge in [0.25, 0.3) is 5.91 Å². The van der Waals surface area contributed by atoms with Crippen LogP contribution < -0.4 is 5.32 Å². The van der Waals surface area contributed by atoms with Gasteiger partial charge in [-0.2, -0.15) is 0 Å². The van der Waals surface area contributed by atoms with Crippen molar-refractivity contribution in [3.8, 4) is 0 Å². The minimum atomic E-state index is 0.00389. The van der Waals surface area contributed by atoms with Crippen LogP contribution in [0, 0.1) is 0 Å². The second-order valence-corrected chi connectivity index (χ2v) is 6.55. The lowest BCUT2D eigenvalue weighted by Crippen LogP contribution is -2.55. The van der Waals surface area contributed by atoms with E-state index in [2.05, 4.69) is 10.3 Å². The largest absolute Gasteiger partial charge is 0.394 e. The van der Waals surface area contributed by atoms with Crippen molar-refractivity contribution in [1.29, 1.82) is 0 Å². The summed E-state index contributed by atoms with van der Waals surface area (Å²) in [6.45, 7) is 3.18. The SMILES string of the molecule is O=C(c1ccccn1)N1CCC(N[C@H]2COCC[C@H]2OCCO)CC1. The van der Waals surface area contributed by atoms with Gasteiger partial charge in [0.1, 0.15) is 5.69 Å². The normalized spacial score (nSPS) is 25.1. The molecule has 2 aliphatic rings. The molecule has 25 heavy (non-hydrogen) atoms. The van der Waals surface area contributed by atoms with Crippen molar-refractivity contribution in [2.75, 3.05) is 39.5 Å². The highest BCUT2D eigenvalue weighted by Gasteiger charge is 2.31. The number of pyridine rings is 1. The number of aliphatic hydroxyl groups excluding tert-OH is 1. The predicted molar refractivity (Wildman–Crippen MR) is 92.3 cm³/mol. The summed E-state index contributed by atoms with van der Waals surface area (Å²) in [7, 11) is 0. The van der Waals surface area contributed by atoms with Gasteiger partial charge in [-0.15, -0.1) is 0 Å². The van der Waals surface area contributed by atoms with E-state index in [1.807, 2.05) is 17.0 Å². The fourth-order valence-corrected chi connectivity index (χ4v) is 3.48. The maximum atomic E-state index is 12.4. The van der Waals surface area contributed by atoms with Gasteiger partial charge in [-0.25, -0.2) is 0 Å². The lowest BCUT2D eigenvalue weighted by atomic mass is 10.00. The molecular weight excluding hydrogens is 322 g/mol. The standard InChI is InChI=1S/C18H27N3O4/c22-10-12-25-17-6-11-24-13-16(17)20-14-4-8-21(9-5-14)18(23)15-3-1-2-7-19-15/h1-3,7,14,16-17,20,22H,4-6,8-13H2/t16-,17+/m0/s1. The molecule has 3 heterocycles. The minimum absolute atomic E-state index is 0.00389. The molecule has 1 aromatic heterocycles. The average molecular weight is 349 g/mol. The van der Waals surface area contributed by atoms with Gasteiger partial charge in [-0.1, -0.05) is 6.07 Å². The van der Waals surface area contributed by atoms with Gasteiger partial charge in [-0.3, -0.25) is 9.78 Å². The molecule has 0 bridgehead atoms. The molecule has 1 amide bonds. The van der Waals surface area contributed by atoms with E-state index in [1.165, 1.54) is 0 Å². The molecule has 0 unspecified atom stereocenters. The molecule has 0 aliphatic carbocycles. The number of hydrogen-bond donors (Lipinski definition) is 2. The Morgan fingerprint density at radius 3 is 2.92 bits per heavy atom. The van der Waals surface area contributed by atoms with Crippen LogP contribution >= 0.6 is 0 Å². The van der Waals surface area contributed by atoms with Crippen molar-refractivity contribution in [3.63, 3.8) is 0 Å². The summed E-state index contributed by atoms with van der Waals surface area (Å²) >= 11 is 0. The van der Waals surface area contributed by atoms with Gasteiger partial charge in [0.15, 0.2) is 0 Å². The van der Waals surface area contributed by atoms with Crippen LogP contribution in [0.2, 0.25) is 0 Å². The summed E-state index contributed by atoms with van der Waals surface area (Å²) in [6, 6.07) is 5.90. The van der Waals surface area contributed by atoms with E-state index in [-0.39, 0.29) is 24.7 Å². The van der Waals surface area contributed by atoms with Crippen LogP contribution in [0.4, 0.5) is 0 Å². The minimum Gasteiger partial charge on any atom is -0.394 e. The maximum Gasteiger partial charge on any atom is 0.272 e. The number of nitrogens with zero attached hydrogens (tertiary/aromatic N) is 2. The number of ether oxygens (including phenoxy) is 2. The third kappa shape index (κ3) is 4.98. The molecule has 7 nitrogen and oxygen atoms in total. The Kier molecular flexibility index (Phi) is 6.75. The van der Waals surface area contributed by atoms with Crippen LogP contribution in [0.3, 0.4) is 0 Å². The van der Waals surface area contributed by atoms with Gasteiger partial charge in [0.2, 0.25) is 0 Å². The number of amides is 1. The Morgan fingerprint density at radius 1 is 1.36 bits per heavy atom. The van der Waals surface area contributed by atoms with E-state index in [0.29, 0.717) is 31.6 Å². The number of aromatic nitrogens is 1. The summed E-state index contributed by atoms with van der Waals surface area (Å²) in [5.74, 6) is 0.00389. The van der Waals surface area contributed by atoms with E-state index >= 15 is 0 Å². The lowest BCUT2D eigenvalue weighted by molar-refractivity contribution is -0.0669. The lowest BCUT2D eigenvalue weighted by Gasteiger charge is -2.38. The number of piperidine rings is 1. The summed E-state index contributed by atoms with van der Waals surface area (Å²) in [4.78, 5) is 18.5. The Hall–Kier alpha value is -1.54. The number of rotatable bonds is 6. The van der Waals surface area contributed by atoms with Crippen LogP contribution in [0.1, 0.15) is 29.8 Å². The Bertz CT molecular complexity index is 534. The van der Waals surface area contributed by atoms with Crippen molar-refractivity contribution in [3.05, 3.63) is 30.1 Å². The second kappa shape index (κ2) is 9.24. The molecule has 0 saturated carbocycles. The van der Waals surface area contributed by atoms with E-state index in [9.17, 15) is 4.79 Å². The zero-order valence-corrected chi connectivity index (χ0v) is 14.5. The molecule has 2 fully saturated rings. The molecule has 0 spiro atoms. The number of likely N-dealkylation sites (tertiary alicyclic amines) is 1. The topological polar surface area (TPSA) is 83.9 Å². The highest BCUT2D eigenvalue weighted by atomic mass is 16.5. The number of carbonyl (C=O) groups is 1. The fourth-order valence-electron chi connectivity index (χ4n) is 3.48. The van der Waals surface area contributed by atoms with E-state index in [0.717, 1.165) is 32.4 Å². The van der Waals surface area contributed by atoms with Gasteiger partial charge in [0.05, 0.1) is 32.0 Å². The molecule has 2 saturated heterocycles. The molecular formula is C18H27N3O4. The summed E-state index contributed by atoms with van der Waals surface area (Å²) in [5, 5.41) is 12.6. The van der Waals surface area contributed by atoms with Crippen LogP contribution in [0.25, 0.3) is 0 Å². The molecule has 7 heteroatoms. The van der Waals surface area contributed by atoms with Crippen LogP contribution in [-0.2, 0) is 9.47 Å². The molecule has 0 radical (unpaired) electrons. The third-order valence-electron chi connectivity index (χ3n) is 4.83. The van der Waals surface area contributed by atoms with Crippen molar-refractivity contribution in [1.82, 2.24) is 15.2 Å². The average Bonchev–Trinajstić information content (AvgIpc) is 2.68. The predicted octanol–water partition coefficient (Wildman–Crippen LogP) is 0.442. The summed E-state index contributed by atoms with van der Waals surface area (Å²) < 4.78 is 11.3. The Labute approximate surface area is 148 Å². The van der Waals surface area contributed by atoms with Gasteiger partial charge in [-0.05, 0) is 31.4 Å². The second-order valence-electron chi connectivity index (χ2n) is 6.55. The van der Waals surface area contributed by atoms with E-state index < -0.39 is 0 Å². The van der Waals surface area contributed by atoms with Crippen molar-refractivity contribution >= 4 is 5.91 Å². The molecule has 2 atom stereocenters. The third-order valence-corrected chi connectivity index (χ3v) is 4.83. The van der Waals surface area contributed by atoms with E-state index in [1.54, 1.807) is 12.3 Å². The van der Waals surface area contributed by atoms with Gasteiger partial charge < -0.3 is 24.8 Å². The first-order chi connectivity index (χ1) is 12.3. The fraction of sp³-hybridized carbons (Fsp3) is 0.667. The Morgan fingerprint density at radius 2 is 2.20 bits per heavy atom. The molecule has 1 aromatic rings. The van der Waals surface area contributed by atoms with Crippen LogP contribution in [0.5, 0.6) is 0 Å². The summed E-state index contributed by atoms with van der Waals surface area (Å²) in [5.41, 5.74) is 0.507. The van der Waals surface area contributed by atoms with Crippen LogP contribution in [-0.4, -0.2) is 78.6 Å². The smallest absolute Gasteiger partial charge is 0.272 e. The summed E-state index contributed by atoms with van der Waals surface area (Å²) in [6.07, 6.45) is 4.38. The van der Waals surface area contributed by atoms with E-state index in [4.69, 9.17) is 14.6 Å². The molecule has 3 rings (SSSR count). The number of hydrogen-bond acceptors (Lipinski definition) is 6. The molecule has 138 valence electrons. The van der Waals surface area contributed by atoms with Gasteiger partial charge in [0, 0.05) is 31.9 Å². The first kappa shape index (κ1) is 18.3. The first-order valence-electron chi connectivity index (χ1n) is 9.04. The number of nitrogens with one attached hydrogen (secondary N) is 1. The Balaban J connectivity index is 1.47. The van der Waals surface area contributed by atoms with Gasteiger partial charge >= 0.3 is 0 Å². The zero-order chi connectivity index (χ0) is 17.5. The monoisotopic (exact) mass is 349 g/mol. The number of aliphatic hydroxyl groups is 1. The van der Waals surface area contributed by atoms with Crippen molar-refractivity contribution in [2.24, 2.45) is 0 Å². The molecule has 2 N–H and O–H groups in total. The zero-order valence-electron chi connectivity index (χ0n) is 14.5. The molecule has 2 aliphatic heterocycles. The van der Waals surface area contributed by atoms with Crippen LogP contribution in [0.15, 0.2) is 24.4 Å². The van der Waals surface area contributed by atoms with Crippen molar-refractivity contribution < 1.29 is 19.4 Å². The highest BCUT2D eigenvalue weighted by molar-refractivity contribution is 5.92. The number of carbonyl (C=O) groups excluding carboxylic acids is 1. The first-order valence-corrected chi connectivity index (χ1v) is 9.04. The van der Waals surface area contributed by atoms with Crippen molar-refractivity contribution in [2.45, 2.75) is 37.5 Å². The highest BCUT2D eigenvalue weighted by Crippen LogP contribution is 2.17. The maximum absolute atomic E-state index is 12.4. The quantitative estimate of drug-likeness (QED) is 0.775.